The van der Waals surface area contributed by atoms with Gasteiger partial charge in [0.2, 0.25) is 0 Å². The van der Waals surface area contributed by atoms with Crippen LogP contribution in [0, 0.1) is 6.92 Å². The summed E-state index contributed by atoms with van der Waals surface area (Å²) in [4.78, 5) is 13.3. The first kappa shape index (κ1) is 11.3. The topological polar surface area (TPSA) is 38.7 Å². The molecule has 0 atom stereocenters. The highest BCUT2D eigenvalue weighted by molar-refractivity contribution is 7.18. The monoisotopic (exact) mass is 255 g/mol. The summed E-state index contributed by atoms with van der Waals surface area (Å²) in [5, 5.41) is 1.09. The summed E-state index contributed by atoms with van der Waals surface area (Å²) in [6.07, 6.45) is 4.74. The fraction of sp³-hybridized carbons (Fsp3) is 0.214. The van der Waals surface area contributed by atoms with Gasteiger partial charge in [0.15, 0.2) is 5.82 Å². The Balaban J connectivity index is 2.06. The molecule has 4 heteroatoms. The normalized spacial score (nSPS) is 11.0. The van der Waals surface area contributed by atoms with Crippen LogP contribution >= 0.6 is 11.3 Å². The molecular formula is C14H13N3S. The van der Waals surface area contributed by atoms with Crippen molar-refractivity contribution in [3.63, 3.8) is 0 Å². The standard InChI is InChI=1S/C14H13N3S/c1-3-10-7-15-14(16-8-10)11-4-5-13-12(6-11)17-9(2)18-13/h4-8H,3H2,1-2H3. The van der Waals surface area contributed by atoms with Crippen LogP contribution in [0.1, 0.15) is 17.5 Å². The van der Waals surface area contributed by atoms with Gasteiger partial charge in [0.1, 0.15) is 0 Å². The van der Waals surface area contributed by atoms with E-state index in [9.17, 15) is 0 Å². The van der Waals surface area contributed by atoms with Gasteiger partial charge in [0, 0.05) is 18.0 Å². The molecule has 0 aliphatic carbocycles. The number of nitrogens with zero attached hydrogens (tertiary/aromatic N) is 3. The Morgan fingerprint density at radius 3 is 2.67 bits per heavy atom. The highest BCUT2D eigenvalue weighted by Gasteiger charge is 2.05. The molecule has 0 amide bonds. The molecule has 90 valence electrons. The molecule has 0 bridgehead atoms. The van der Waals surface area contributed by atoms with Crippen LogP contribution in [0.3, 0.4) is 0 Å². The van der Waals surface area contributed by atoms with E-state index in [0.717, 1.165) is 33.9 Å². The van der Waals surface area contributed by atoms with Crippen LogP contribution < -0.4 is 0 Å². The van der Waals surface area contributed by atoms with Crippen molar-refractivity contribution in [3.8, 4) is 11.4 Å². The molecule has 2 heterocycles. The molecule has 3 aromatic rings. The largest absolute Gasteiger partial charge is 0.241 e. The van der Waals surface area contributed by atoms with Crippen LogP contribution in [0.2, 0.25) is 0 Å². The van der Waals surface area contributed by atoms with Gasteiger partial charge in [-0.05, 0) is 37.1 Å². The Labute approximate surface area is 110 Å². The van der Waals surface area contributed by atoms with Crippen molar-refractivity contribution in [2.24, 2.45) is 0 Å². The Bertz CT molecular complexity index is 686. The number of rotatable bonds is 2. The number of thiazole rings is 1. The Morgan fingerprint density at radius 1 is 1.17 bits per heavy atom. The zero-order valence-corrected chi connectivity index (χ0v) is 11.2. The molecule has 3 nitrogen and oxygen atoms in total. The predicted molar refractivity (Wildman–Crippen MR) is 74.8 cm³/mol. The van der Waals surface area contributed by atoms with Crippen molar-refractivity contribution in [2.75, 3.05) is 0 Å². The molecule has 0 saturated carbocycles. The third kappa shape index (κ3) is 1.99. The molecule has 0 unspecified atom stereocenters. The van der Waals surface area contributed by atoms with Gasteiger partial charge in [0.05, 0.1) is 15.2 Å². The van der Waals surface area contributed by atoms with Crippen LogP contribution in [0.5, 0.6) is 0 Å². The maximum absolute atomic E-state index is 4.50. The predicted octanol–water partition coefficient (Wildman–Crippen LogP) is 3.62. The molecule has 1 aromatic carbocycles. The highest BCUT2D eigenvalue weighted by atomic mass is 32.1. The van der Waals surface area contributed by atoms with Crippen LogP contribution in [0.25, 0.3) is 21.6 Å². The van der Waals surface area contributed by atoms with Crippen molar-refractivity contribution < 1.29 is 0 Å². The van der Waals surface area contributed by atoms with E-state index in [1.807, 2.05) is 19.3 Å². The molecule has 0 saturated heterocycles. The lowest BCUT2D eigenvalue weighted by Gasteiger charge is -2.01. The van der Waals surface area contributed by atoms with Gasteiger partial charge in [-0.2, -0.15) is 0 Å². The Hall–Kier alpha value is -1.81. The second-order valence-corrected chi connectivity index (χ2v) is 5.42. The van der Waals surface area contributed by atoms with Gasteiger partial charge >= 0.3 is 0 Å². The summed E-state index contributed by atoms with van der Waals surface area (Å²) >= 11 is 1.71. The molecule has 0 aliphatic rings. The summed E-state index contributed by atoms with van der Waals surface area (Å²) in [5.41, 5.74) is 3.21. The third-order valence-corrected chi connectivity index (χ3v) is 3.82. The first-order chi connectivity index (χ1) is 8.76. The quantitative estimate of drug-likeness (QED) is 0.702. The fourth-order valence-corrected chi connectivity index (χ4v) is 2.68. The minimum Gasteiger partial charge on any atom is -0.241 e. The van der Waals surface area contributed by atoms with Crippen LogP contribution in [-0.4, -0.2) is 15.0 Å². The number of benzene rings is 1. The fourth-order valence-electron chi connectivity index (χ4n) is 1.87. The SMILES string of the molecule is CCc1cnc(-c2ccc3sc(C)nc3c2)nc1. The number of aryl methyl sites for hydroxylation is 2. The lowest BCUT2D eigenvalue weighted by molar-refractivity contribution is 1.05. The molecule has 3 rings (SSSR count). The van der Waals surface area contributed by atoms with Crippen molar-refractivity contribution in [3.05, 3.63) is 41.2 Å². The zero-order chi connectivity index (χ0) is 12.5. The van der Waals surface area contributed by atoms with E-state index in [2.05, 4.69) is 40.1 Å². The van der Waals surface area contributed by atoms with E-state index < -0.39 is 0 Å². The number of hydrogen-bond donors (Lipinski definition) is 0. The minimum atomic E-state index is 0.764. The van der Waals surface area contributed by atoms with Crippen LogP contribution in [-0.2, 0) is 6.42 Å². The van der Waals surface area contributed by atoms with Crippen molar-refractivity contribution >= 4 is 21.6 Å². The number of fused-ring (bicyclic) bond motifs is 1. The zero-order valence-electron chi connectivity index (χ0n) is 10.3. The summed E-state index contributed by atoms with van der Waals surface area (Å²) in [6, 6.07) is 6.20. The van der Waals surface area contributed by atoms with Gasteiger partial charge in [-0.3, -0.25) is 0 Å². The van der Waals surface area contributed by atoms with E-state index in [4.69, 9.17) is 0 Å². The second kappa shape index (κ2) is 4.46. The molecule has 0 aliphatic heterocycles. The summed E-state index contributed by atoms with van der Waals surface area (Å²) in [5.74, 6) is 0.764. The summed E-state index contributed by atoms with van der Waals surface area (Å²) in [6.45, 7) is 4.12. The average molecular weight is 255 g/mol. The van der Waals surface area contributed by atoms with Gasteiger partial charge in [-0.15, -0.1) is 11.3 Å². The molecule has 0 N–H and O–H groups in total. The van der Waals surface area contributed by atoms with Gasteiger partial charge in [-0.25, -0.2) is 15.0 Å². The lowest BCUT2D eigenvalue weighted by atomic mass is 10.2. The van der Waals surface area contributed by atoms with Crippen LogP contribution in [0.15, 0.2) is 30.6 Å². The maximum Gasteiger partial charge on any atom is 0.159 e. The molecule has 2 aromatic heterocycles. The van der Waals surface area contributed by atoms with E-state index in [0.29, 0.717) is 0 Å². The average Bonchev–Trinajstić information content (AvgIpc) is 2.78. The van der Waals surface area contributed by atoms with Gasteiger partial charge in [-0.1, -0.05) is 6.92 Å². The molecule has 0 radical (unpaired) electrons. The molecule has 0 fully saturated rings. The number of hydrogen-bond acceptors (Lipinski definition) is 4. The molecular weight excluding hydrogens is 242 g/mol. The smallest absolute Gasteiger partial charge is 0.159 e. The Kier molecular flexibility index (Phi) is 2.80. The first-order valence-corrected chi connectivity index (χ1v) is 6.76. The van der Waals surface area contributed by atoms with E-state index in [1.54, 1.807) is 11.3 Å². The first-order valence-electron chi connectivity index (χ1n) is 5.95. The Morgan fingerprint density at radius 2 is 1.94 bits per heavy atom. The van der Waals surface area contributed by atoms with Gasteiger partial charge < -0.3 is 0 Å². The van der Waals surface area contributed by atoms with Crippen molar-refractivity contribution in [2.45, 2.75) is 20.3 Å². The molecule has 0 spiro atoms. The van der Waals surface area contributed by atoms with Gasteiger partial charge in [0.25, 0.3) is 0 Å². The lowest BCUT2D eigenvalue weighted by Crippen LogP contribution is -1.91. The van der Waals surface area contributed by atoms with E-state index in [-0.39, 0.29) is 0 Å². The summed E-state index contributed by atoms with van der Waals surface area (Å²) in [7, 11) is 0. The minimum absolute atomic E-state index is 0.764. The molecule has 18 heavy (non-hydrogen) atoms. The van der Waals surface area contributed by atoms with Crippen molar-refractivity contribution in [1.82, 2.24) is 15.0 Å². The maximum atomic E-state index is 4.50. The van der Waals surface area contributed by atoms with E-state index in [1.165, 1.54) is 4.70 Å². The number of aromatic nitrogens is 3. The second-order valence-electron chi connectivity index (χ2n) is 4.18. The third-order valence-electron chi connectivity index (χ3n) is 2.87. The summed E-state index contributed by atoms with van der Waals surface area (Å²) < 4.78 is 1.21. The van der Waals surface area contributed by atoms with Crippen LogP contribution in [0.4, 0.5) is 0 Å². The highest BCUT2D eigenvalue weighted by Crippen LogP contribution is 2.25. The van der Waals surface area contributed by atoms with E-state index >= 15 is 0 Å². The van der Waals surface area contributed by atoms with Crippen molar-refractivity contribution in [1.29, 1.82) is 0 Å².